The lowest BCUT2D eigenvalue weighted by molar-refractivity contribution is -0.139. The van der Waals surface area contributed by atoms with Gasteiger partial charge in [0.1, 0.15) is 24.2 Å². The largest absolute Gasteiger partial charge is 0.370 e. The van der Waals surface area contributed by atoms with Gasteiger partial charge in [0.05, 0.1) is 18.0 Å². The molecule has 0 bridgehead atoms. The molecular formula is C21H20FN3O3S. The topological polar surface area (TPSA) is 64.4 Å². The highest BCUT2D eigenvalue weighted by atomic mass is 32.1. The normalized spacial score (nSPS) is 16.8. The zero-order chi connectivity index (χ0) is 20.4. The third-order valence-corrected chi connectivity index (χ3v) is 5.83. The molecule has 1 aliphatic heterocycles. The highest BCUT2D eigenvalue weighted by Gasteiger charge is 2.26. The second-order valence-electron chi connectivity index (χ2n) is 6.88. The van der Waals surface area contributed by atoms with Crippen molar-refractivity contribution in [2.75, 3.05) is 19.7 Å². The first kappa shape index (κ1) is 19.5. The lowest BCUT2D eigenvalue weighted by Crippen LogP contribution is -2.44. The molecule has 0 radical (unpaired) electrons. The van der Waals surface area contributed by atoms with Crippen molar-refractivity contribution in [3.05, 3.63) is 75.1 Å². The highest BCUT2D eigenvalue weighted by molar-refractivity contribution is 7.15. The van der Waals surface area contributed by atoms with Gasteiger partial charge in [-0.1, -0.05) is 12.1 Å². The van der Waals surface area contributed by atoms with Crippen molar-refractivity contribution < 1.29 is 13.9 Å². The van der Waals surface area contributed by atoms with Gasteiger partial charge in [-0.2, -0.15) is 5.10 Å². The van der Waals surface area contributed by atoms with E-state index in [4.69, 9.17) is 4.74 Å². The van der Waals surface area contributed by atoms with Crippen molar-refractivity contribution in [1.29, 1.82) is 0 Å². The van der Waals surface area contributed by atoms with Gasteiger partial charge in [-0.25, -0.2) is 9.07 Å². The molecule has 3 heterocycles. The number of amides is 1. The molecule has 0 spiro atoms. The molecule has 8 heteroatoms. The molecule has 0 saturated carbocycles. The number of rotatable bonds is 4. The maximum absolute atomic E-state index is 13.2. The van der Waals surface area contributed by atoms with Crippen LogP contribution in [0.1, 0.15) is 16.5 Å². The van der Waals surface area contributed by atoms with Crippen LogP contribution in [0.5, 0.6) is 0 Å². The van der Waals surface area contributed by atoms with Gasteiger partial charge in [-0.05, 0) is 42.8 Å². The summed E-state index contributed by atoms with van der Waals surface area (Å²) in [6.45, 7) is 3.04. The summed E-state index contributed by atoms with van der Waals surface area (Å²) in [5.74, 6) is -0.515. The first-order valence-electron chi connectivity index (χ1n) is 9.29. The second-order valence-corrected chi connectivity index (χ2v) is 8.16. The molecule has 2 aromatic heterocycles. The maximum atomic E-state index is 13.2. The molecule has 1 saturated heterocycles. The molecule has 6 nitrogen and oxygen atoms in total. The van der Waals surface area contributed by atoms with Crippen molar-refractivity contribution in [2.24, 2.45) is 0 Å². The van der Waals surface area contributed by atoms with E-state index in [0.717, 1.165) is 15.3 Å². The van der Waals surface area contributed by atoms with Gasteiger partial charge in [0.2, 0.25) is 5.91 Å². The summed E-state index contributed by atoms with van der Waals surface area (Å²) in [7, 11) is 0. The number of halogens is 1. The van der Waals surface area contributed by atoms with Crippen LogP contribution in [0.3, 0.4) is 0 Å². The molecule has 1 unspecified atom stereocenters. The Balaban J connectivity index is 1.48. The Bertz CT molecular complexity index is 1080. The van der Waals surface area contributed by atoms with Crippen LogP contribution in [0.15, 0.2) is 53.3 Å². The van der Waals surface area contributed by atoms with Crippen molar-refractivity contribution in [1.82, 2.24) is 14.7 Å². The predicted molar refractivity (Wildman–Crippen MR) is 108 cm³/mol. The molecule has 29 heavy (non-hydrogen) atoms. The number of benzene rings is 1. The van der Waals surface area contributed by atoms with Crippen molar-refractivity contribution in [3.63, 3.8) is 0 Å². The molecule has 1 amide bonds. The van der Waals surface area contributed by atoms with E-state index in [1.165, 1.54) is 22.9 Å². The number of aryl methyl sites for hydroxylation is 1. The Morgan fingerprint density at radius 1 is 1.21 bits per heavy atom. The van der Waals surface area contributed by atoms with Gasteiger partial charge >= 0.3 is 0 Å². The fourth-order valence-electron chi connectivity index (χ4n) is 3.25. The molecule has 4 rings (SSSR count). The second kappa shape index (κ2) is 8.26. The van der Waals surface area contributed by atoms with Gasteiger partial charge in [-0.3, -0.25) is 9.59 Å². The van der Waals surface area contributed by atoms with Crippen LogP contribution >= 0.6 is 11.3 Å². The SMILES string of the molecule is Cc1ccc(-c2ccc(=O)n(CC(=O)N3CCOC(c4ccc(F)cc4)C3)n2)s1. The number of morpholine rings is 1. The monoisotopic (exact) mass is 413 g/mol. The summed E-state index contributed by atoms with van der Waals surface area (Å²) in [4.78, 5) is 28.8. The number of carbonyl (C=O) groups is 1. The fourth-order valence-corrected chi connectivity index (χ4v) is 4.08. The van der Waals surface area contributed by atoms with E-state index >= 15 is 0 Å². The van der Waals surface area contributed by atoms with E-state index in [9.17, 15) is 14.0 Å². The van der Waals surface area contributed by atoms with Crippen LogP contribution in [0.25, 0.3) is 10.6 Å². The number of thiophene rings is 1. The van der Waals surface area contributed by atoms with Gasteiger partial charge in [0.15, 0.2) is 0 Å². The molecular weight excluding hydrogens is 393 g/mol. The van der Waals surface area contributed by atoms with Crippen LogP contribution in [-0.2, 0) is 16.1 Å². The summed E-state index contributed by atoms with van der Waals surface area (Å²) in [6, 6.07) is 13.1. The fraction of sp³-hybridized carbons (Fsp3) is 0.286. The molecule has 0 aliphatic carbocycles. The lowest BCUT2D eigenvalue weighted by Gasteiger charge is -2.33. The Hall–Kier alpha value is -2.84. The standard InChI is InChI=1S/C21H20FN3O3S/c1-14-2-8-19(29-14)17-7-9-20(26)25(23-17)13-21(27)24-10-11-28-18(12-24)15-3-5-16(22)6-4-15/h2-9,18H,10-13H2,1H3. The smallest absolute Gasteiger partial charge is 0.267 e. The van der Waals surface area contributed by atoms with Crippen LogP contribution < -0.4 is 5.56 Å². The number of aromatic nitrogens is 2. The number of carbonyl (C=O) groups excluding carboxylic acids is 1. The average molecular weight is 413 g/mol. The molecule has 1 aromatic carbocycles. The summed E-state index contributed by atoms with van der Waals surface area (Å²) in [5, 5.41) is 4.37. The molecule has 3 aromatic rings. The Morgan fingerprint density at radius 2 is 2.00 bits per heavy atom. The number of hydrogen-bond acceptors (Lipinski definition) is 5. The van der Waals surface area contributed by atoms with E-state index in [2.05, 4.69) is 5.10 Å². The molecule has 0 N–H and O–H groups in total. The lowest BCUT2D eigenvalue weighted by atomic mass is 10.1. The van der Waals surface area contributed by atoms with E-state index in [1.807, 2.05) is 19.1 Å². The third kappa shape index (κ3) is 4.44. The molecule has 1 atom stereocenters. The Labute approximate surface area is 171 Å². The number of nitrogens with zero attached hydrogens (tertiary/aromatic N) is 3. The van der Waals surface area contributed by atoms with E-state index < -0.39 is 0 Å². The van der Waals surface area contributed by atoms with Gasteiger partial charge in [-0.15, -0.1) is 11.3 Å². The van der Waals surface area contributed by atoms with E-state index in [0.29, 0.717) is 25.4 Å². The summed E-state index contributed by atoms with van der Waals surface area (Å²) in [5.41, 5.74) is 1.16. The van der Waals surface area contributed by atoms with Crippen molar-refractivity contribution >= 4 is 17.2 Å². The zero-order valence-corrected chi connectivity index (χ0v) is 16.7. The van der Waals surface area contributed by atoms with Crippen molar-refractivity contribution in [2.45, 2.75) is 19.6 Å². The predicted octanol–water partition coefficient (Wildman–Crippen LogP) is 3.02. The number of ether oxygens (including phenoxy) is 1. The van der Waals surface area contributed by atoms with Gasteiger partial charge < -0.3 is 9.64 Å². The van der Waals surface area contributed by atoms with Gasteiger partial charge in [0.25, 0.3) is 5.56 Å². The van der Waals surface area contributed by atoms with Gasteiger partial charge in [0, 0.05) is 17.5 Å². The first-order chi connectivity index (χ1) is 14.0. The van der Waals surface area contributed by atoms with Crippen molar-refractivity contribution in [3.8, 4) is 10.6 Å². The zero-order valence-electron chi connectivity index (χ0n) is 15.9. The van der Waals surface area contributed by atoms with Crippen LogP contribution in [-0.4, -0.2) is 40.3 Å². The summed E-state index contributed by atoms with van der Waals surface area (Å²) >= 11 is 1.58. The maximum Gasteiger partial charge on any atom is 0.267 e. The molecule has 1 aliphatic rings. The summed E-state index contributed by atoms with van der Waals surface area (Å²) < 4.78 is 20.1. The van der Waals surface area contributed by atoms with E-state index in [-0.39, 0.29) is 29.9 Å². The van der Waals surface area contributed by atoms with Crippen LogP contribution in [0.2, 0.25) is 0 Å². The quantitative estimate of drug-likeness (QED) is 0.660. The Morgan fingerprint density at radius 3 is 2.72 bits per heavy atom. The first-order valence-corrected chi connectivity index (χ1v) is 10.1. The number of hydrogen-bond donors (Lipinski definition) is 0. The third-order valence-electron chi connectivity index (χ3n) is 4.81. The van der Waals surface area contributed by atoms with Crippen LogP contribution in [0.4, 0.5) is 4.39 Å². The minimum atomic E-state index is -0.321. The molecule has 1 fully saturated rings. The molecule has 150 valence electrons. The minimum Gasteiger partial charge on any atom is -0.370 e. The summed E-state index contributed by atoms with van der Waals surface area (Å²) in [6.07, 6.45) is -0.321. The highest BCUT2D eigenvalue weighted by Crippen LogP contribution is 2.25. The average Bonchev–Trinajstić information content (AvgIpc) is 3.16. The Kier molecular flexibility index (Phi) is 5.55. The minimum absolute atomic E-state index is 0.132. The van der Waals surface area contributed by atoms with Crippen LogP contribution in [0, 0.1) is 12.7 Å². The van der Waals surface area contributed by atoms with E-state index in [1.54, 1.807) is 34.4 Å².